The summed E-state index contributed by atoms with van der Waals surface area (Å²) in [6.07, 6.45) is 0. The Balaban J connectivity index is 2.27. The second kappa shape index (κ2) is 4.50. The van der Waals surface area contributed by atoms with Crippen molar-refractivity contribution in [3.8, 4) is 11.1 Å². The molecule has 0 radical (unpaired) electrons. The van der Waals surface area contributed by atoms with Gasteiger partial charge in [0.15, 0.2) is 0 Å². The van der Waals surface area contributed by atoms with Gasteiger partial charge in [0.2, 0.25) is 0 Å². The zero-order chi connectivity index (χ0) is 12.5. The van der Waals surface area contributed by atoms with Gasteiger partial charge in [0.05, 0.1) is 11.7 Å². The van der Waals surface area contributed by atoms with Crippen molar-refractivity contribution in [2.24, 2.45) is 0 Å². The highest BCUT2D eigenvalue weighted by molar-refractivity contribution is 7.00. The van der Waals surface area contributed by atoms with Crippen molar-refractivity contribution in [1.29, 1.82) is 0 Å². The average molecular weight is 254 g/mol. The molecule has 0 saturated carbocycles. The van der Waals surface area contributed by atoms with Crippen LogP contribution in [0.3, 0.4) is 0 Å². The molecule has 3 aromatic rings. The van der Waals surface area contributed by atoms with Gasteiger partial charge in [0.1, 0.15) is 11.0 Å². The first kappa shape index (κ1) is 11.4. The minimum atomic E-state index is 0.473. The quantitative estimate of drug-likeness (QED) is 0.673. The van der Waals surface area contributed by atoms with Gasteiger partial charge in [-0.05, 0) is 17.0 Å². The van der Waals surface area contributed by atoms with Crippen LogP contribution in [0.25, 0.3) is 22.2 Å². The Bertz CT molecular complexity index is 671. The first-order valence-electron chi connectivity index (χ1n) is 6.08. The molecule has 0 saturated heterocycles. The van der Waals surface area contributed by atoms with Crippen LogP contribution < -0.4 is 0 Å². The lowest BCUT2D eigenvalue weighted by atomic mass is 9.96. The number of hydrogen-bond acceptors (Lipinski definition) is 3. The Kier molecular flexibility index (Phi) is 2.84. The van der Waals surface area contributed by atoms with E-state index in [2.05, 4.69) is 59.0 Å². The van der Waals surface area contributed by atoms with Gasteiger partial charge in [0, 0.05) is 5.56 Å². The molecule has 0 spiro atoms. The smallest absolute Gasteiger partial charge is 0.112 e. The standard InChI is InChI=1S/C15H14N2S/c1-10(2)12-8-9-13(11-6-4-3-5-7-11)15-14(12)16-18-17-15/h3-10H,1-2H3. The van der Waals surface area contributed by atoms with Gasteiger partial charge in [-0.2, -0.15) is 8.75 Å². The fourth-order valence-corrected chi connectivity index (χ4v) is 2.78. The monoisotopic (exact) mass is 254 g/mol. The predicted octanol–water partition coefficient (Wildman–Crippen LogP) is 4.48. The van der Waals surface area contributed by atoms with Crippen molar-refractivity contribution in [1.82, 2.24) is 8.75 Å². The summed E-state index contributed by atoms with van der Waals surface area (Å²) >= 11 is 1.29. The zero-order valence-electron chi connectivity index (χ0n) is 10.4. The SMILES string of the molecule is CC(C)c1ccc(-c2ccccc2)c2nsnc12. The maximum Gasteiger partial charge on any atom is 0.112 e. The second-order valence-corrected chi connectivity index (χ2v) is 5.21. The van der Waals surface area contributed by atoms with Crippen LogP contribution >= 0.6 is 11.7 Å². The van der Waals surface area contributed by atoms with Gasteiger partial charge < -0.3 is 0 Å². The minimum Gasteiger partial charge on any atom is -0.173 e. The summed E-state index contributed by atoms with van der Waals surface area (Å²) in [5.41, 5.74) is 5.72. The summed E-state index contributed by atoms with van der Waals surface area (Å²) in [7, 11) is 0. The van der Waals surface area contributed by atoms with Crippen molar-refractivity contribution >= 4 is 22.8 Å². The Morgan fingerprint density at radius 2 is 1.61 bits per heavy atom. The maximum atomic E-state index is 4.47. The number of benzene rings is 2. The van der Waals surface area contributed by atoms with Crippen LogP contribution in [0.2, 0.25) is 0 Å². The molecule has 0 unspecified atom stereocenters. The van der Waals surface area contributed by atoms with Crippen LogP contribution in [0.4, 0.5) is 0 Å². The summed E-state index contributed by atoms with van der Waals surface area (Å²) in [6.45, 7) is 4.38. The number of aromatic nitrogens is 2. The number of fused-ring (bicyclic) bond motifs is 1. The molecule has 0 aliphatic carbocycles. The summed E-state index contributed by atoms with van der Waals surface area (Å²) in [5, 5.41) is 0. The molecule has 0 aliphatic heterocycles. The zero-order valence-corrected chi connectivity index (χ0v) is 11.2. The van der Waals surface area contributed by atoms with Gasteiger partial charge >= 0.3 is 0 Å². The fourth-order valence-electron chi connectivity index (χ4n) is 2.20. The summed E-state index contributed by atoms with van der Waals surface area (Å²) in [5.74, 6) is 0.473. The molecule has 90 valence electrons. The lowest BCUT2D eigenvalue weighted by molar-refractivity contribution is 0.874. The lowest BCUT2D eigenvalue weighted by Crippen LogP contribution is -1.91. The van der Waals surface area contributed by atoms with E-state index in [0.29, 0.717) is 5.92 Å². The molecule has 0 fully saturated rings. The Hall–Kier alpha value is -1.74. The molecule has 3 rings (SSSR count). The van der Waals surface area contributed by atoms with Crippen molar-refractivity contribution in [3.05, 3.63) is 48.0 Å². The fraction of sp³-hybridized carbons (Fsp3) is 0.200. The third-order valence-electron chi connectivity index (χ3n) is 3.15. The first-order valence-corrected chi connectivity index (χ1v) is 6.81. The van der Waals surface area contributed by atoms with Crippen molar-refractivity contribution in [3.63, 3.8) is 0 Å². The van der Waals surface area contributed by atoms with E-state index in [1.54, 1.807) is 0 Å². The molecule has 3 heteroatoms. The van der Waals surface area contributed by atoms with Crippen LogP contribution in [-0.4, -0.2) is 8.75 Å². The largest absolute Gasteiger partial charge is 0.173 e. The molecular weight excluding hydrogens is 240 g/mol. The van der Waals surface area contributed by atoms with E-state index in [4.69, 9.17) is 0 Å². The van der Waals surface area contributed by atoms with E-state index in [1.807, 2.05) is 6.07 Å². The minimum absolute atomic E-state index is 0.473. The van der Waals surface area contributed by atoms with Crippen LogP contribution in [-0.2, 0) is 0 Å². The third-order valence-corrected chi connectivity index (χ3v) is 3.68. The Morgan fingerprint density at radius 1 is 0.889 bits per heavy atom. The van der Waals surface area contributed by atoms with Crippen molar-refractivity contribution < 1.29 is 0 Å². The lowest BCUT2D eigenvalue weighted by Gasteiger charge is -2.08. The molecule has 0 N–H and O–H groups in total. The predicted molar refractivity (Wildman–Crippen MR) is 76.9 cm³/mol. The van der Waals surface area contributed by atoms with E-state index < -0.39 is 0 Å². The maximum absolute atomic E-state index is 4.47. The highest BCUT2D eigenvalue weighted by atomic mass is 32.1. The molecular formula is C15H14N2S. The highest BCUT2D eigenvalue weighted by Crippen LogP contribution is 2.32. The summed E-state index contributed by atoms with van der Waals surface area (Å²) in [6, 6.07) is 14.7. The topological polar surface area (TPSA) is 25.8 Å². The van der Waals surface area contributed by atoms with Crippen LogP contribution in [0.1, 0.15) is 25.3 Å². The Labute approximate surface area is 111 Å². The van der Waals surface area contributed by atoms with Crippen molar-refractivity contribution in [2.45, 2.75) is 19.8 Å². The van der Waals surface area contributed by atoms with Gasteiger partial charge in [0.25, 0.3) is 0 Å². The van der Waals surface area contributed by atoms with E-state index in [0.717, 1.165) is 11.0 Å². The molecule has 2 nitrogen and oxygen atoms in total. The van der Waals surface area contributed by atoms with Crippen LogP contribution in [0.15, 0.2) is 42.5 Å². The molecule has 1 aromatic heterocycles. The number of hydrogen-bond donors (Lipinski definition) is 0. The molecule has 18 heavy (non-hydrogen) atoms. The van der Waals surface area contributed by atoms with Gasteiger partial charge in [-0.1, -0.05) is 56.3 Å². The van der Waals surface area contributed by atoms with Crippen molar-refractivity contribution in [2.75, 3.05) is 0 Å². The first-order chi connectivity index (χ1) is 8.77. The van der Waals surface area contributed by atoms with E-state index in [9.17, 15) is 0 Å². The van der Waals surface area contributed by atoms with Gasteiger partial charge in [-0.15, -0.1) is 0 Å². The van der Waals surface area contributed by atoms with E-state index in [1.165, 1.54) is 28.4 Å². The third kappa shape index (κ3) is 1.81. The average Bonchev–Trinajstić information content (AvgIpc) is 2.87. The van der Waals surface area contributed by atoms with Crippen LogP contribution in [0, 0.1) is 0 Å². The molecule has 0 aliphatic rings. The summed E-state index contributed by atoms with van der Waals surface area (Å²) < 4.78 is 8.93. The Morgan fingerprint density at radius 3 is 2.33 bits per heavy atom. The number of rotatable bonds is 2. The number of nitrogens with zero attached hydrogens (tertiary/aromatic N) is 2. The van der Waals surface area contributed by atoms with E-state index in [-0.39, 0.29) is 0 Å². The summed E-state index contributed by atoms with van der Waals surface area (Å²) in [4.78, 5) is 0. The molecule has 2 aromatic carbocycles. The van der Waals surface area contributed by atoms with Crippen LogP contribution in [0.5, 0.6) is 0 Å². The highest BCUT2D eigenvalue weighted by Gasteiger charge is 2.13. The van der Waals surface area contributed by atoms with Gasteiger partial charge in [-0.25, -0.2) is 0 Å². The molecule has 0 bridgehead atoms. The molecule has 1 heterocycles. The molecule has 0 amide bonds. The normalized spacial score (nSPS) is 11.3. The van der Waals surface area contributed by atoms with E-state index >= 15 is 0 Å². The molecule has 0 atom stereocenters. The second-order valence-electron chi connectivity index (χ2n) is 4.68. The van der Waals surface area contributed by atoms with Gasteiger partial charge in [-0.3, -0.25) is 0 Å².